The van der Waals surface area contributed by atoms with E-state index >= 15 is 0 Å². The lowest BCUT2D eigenvalue weighted by Gasteiger charge is -2.30. The standard InChI is InChI=1S/C22H23ClN2O/c1-14-12-17-13-18(23)5-6-20(17)21(22-19(14)4-3-9-24-22)16-7-10-25(11-8-16)15(2)26/h3-6,9,12,14H,7-8,10-11,13H2,1-2H3. The van der Waals surface area contributed by atoms with Gasteiger partial charge in [-0.1, -0.05) is 42.3 Å². The molecular weight excluding hydrogens is 344 g/mol. The number of aromatic nitrogens is 1. The summed E-state index contributed by atoms with van der Waals surface area (Å²) in [7, 11) is 0. The Morgan fingerprint density at radius 1 is 1.27 bits per heavy atom. The molecule has 2 aliphatic carbocycles. The van der Waals surface area contributed by atoms with Crippen molar-refractivity contribution in [1.82, 2.24) is 9.88 Å². The predicted molar refractivity (Wildman–Crippen MR) is 106 cm³/mol. The monoisotopic (exact) mass is 366 g/mol. The van der Waals surface area contributed by atoms with Crippen LogP contribution in [-0.4, -0.2) is 28.9 Å². The molecule has 0 spiro atoms. The maximum absolute atomic E-state index is 11.7. The van der Waals surface area contributed by atoms with E-state index < -0.39 is 0 Å². The molecule has 1 aromatic rings. The van der Waals surface area contributed by atoms with Crippen molar-refractivity contribution >= 4 is 23.1 Å². The summed E-state index contributed by atoms with van der Waals surface area (Å²) < 4.78 is 0. The zero-order chi connectivity index (χ0) is 18.3. The van der Waals surface area contributed by atoms with Crippen LogP contribution in [0.2, 0.25) is 0 Å². The van der Waals surface area contributed by atoms with Crippen LogP contribution in [0.4, 0.5) is 0 Å². The van der Waals surface area contributed by atoms with Crippen molar-refractivity contribution < 1.29 is 4.79 Å². The van der Waals surface area contributed by atoms with Crippen molar-refractivity contribution in [2.75, 3.05) is 13.1 Å². The van der Waals surface area contributed by atoms with Crippen LogP contribution >= 0.6 is 11.6 Å². The summed E-state index contributed by atoms with van der Waals surface area (Å²) in [5, 5.41) is 0.877. The van der Waals surface area contributed by atoms with Gasteiger partial charge in [0.05, 0.1) is 5.69 Å². The first-order valence-corrected chi connectivity index (χ1v) is 9.63. The summed E-state index contributed by atoms with van der Waals surface area (Å²) in [5.74, 6) is 0.462. The van der Waals surface area contributed by atoms with E-state index in [9.17, 15) is 4.79 Å². The van der Waals surface area contributed by atoms with Gasteiger partial charge in [0, 0.05) is 49.2 Å². The molecule has 0 radical (unpaired) electrons. The zero-order valence-electron chi connectivity index (χ0n) is 15.3. The molecule has 4 heteroatoms. The number of carbonyl (C=O) groups excluding carboxylic acids is 1. The fraction of sp³-hybridized carbons (Fsp3) is 0.364. The van der Waals surface area contributed by atoms with Gasteiger partial charge < -0.3 is 4.90 Å². The molecule has 3 nitrogen and oxygen atoms in total. The Bertz CT molecular complexity index is 881. The third kappa shape index (κ3) is 3.05. The maximum Gasteiger partial charge on any atom is 0.219 e. The number of rotatable bonds is 0. The minimum absolute atomic E-state index is 0.161. The number of amides is 1. The Morgan fingerprint density at radius 3 is 2.77 bits per heavy atom. The van der Waals surface area contributed by atoms with E-state index in [1.807, 2.05) is 23.2 Å². The van der Waals surface area contributed by atoms with E-state index in [0.717, 1.165) is 43.1 Å². The minimum Gasteiger partial charge on any atom is -0.342 e. The Labute approximate surface area is 159 Å². The molecule has 0 aromatic carbocycles. The molecule has 0 bridgehead atoms. The molecule has 4 rings (SSSR count). The Morgan fingerprint density at radius 2 is 2.04 bits per heavy atom. The molecular formula is C22H23ClN2O. The number of hydrogen-bond acceptors (Lipinski definition) is 2. The maximum atomic E-state index is 11.7. The van der Waals surface area contributed by atoms with Gasteiger partial charge in [0.1, 0.15) is 0 Å². The lowest BCUT2D eigenvalue weighted by Crippen LogP contribution is -2.34. The molecule has 134 valence electrons. The number of carbonyl (C=O) groups is 1. The minimum atomic E-state index is 0.161. The van der Waals surface area contributed by atoms with E-state index in [1.165, 1.54) is 27.9 Å². The first-order chi connectivity index (χ1) is 12.5. The highest BCUT2D eigenvalue weighted by Crippen LogP contribution is 2.45. The van der Waals surface area contributed by atoms with Crippen LogP contribution in [0.5, 0.6) is 0 Å². The summed E-state index contributed by atoms with van der Waals surface area (Å²) in [5.41, 5.74) is 7.57. The number of halogens is 1. The number of allylic oxidation sites excluding steroid dienone is 7. The number of nitrogens with zero attached hydrogens (tertiary/aromatic N) is 2. The fourth-order valence-corrected chi connectivity index (χ4v) is 4.43. The first kappa shape index (κ1) is 17.3. The molecule has 1 aliphatic heterocycles. The second-order valence-electron chi connectivity index (χ2n) is 7.28. The van der Waals surface area contributed by atoms with Crippen molar-refractivity contribution in [2.45, 2.75) is 39.0 Å². The van der Waals surface area contributed by atoms with Gasteiger partial charge in [0.2, 0.25) is 5.91 Å². The van der Waals surface area contributed by atoms with Crippen molar-refractivity contribution in [3.63, 3.8) is 0 Å². The van der Waals surface area contributed by atoms with E-state index in [-0.39, 0.29) is 5.91 Å². The van der Waals surface area contributed by atoms with Gasteiger partial charge in [-0.05, 0) is 41.7 Å². The molecule has 1 unspecified atom stereocenters. The lowest BCUT2D eigenvalue weighted by atomic mass is 9.85. The third-order valence-electron chi connectivity index (χ3n) is 5.59. The summed E-state index contributed by atoms with van der Waals surface area (Å²) in [4.78, 5) is 18.4. The molecule has 1 amide bonds. The van der Waals surface area contributed by atoms with Crippen molar-refractivity contribution in [3.05, 3.63) is 69.6 Å². The lowest BCUT2D eigenvalue weighted by molar-refractivity contribution is -0.129. The highest BCUT2D eigenvalue weighted by Gasteiger charge is 2.29. The largest absolute Gasteiger partial charge is 0.342 e. The Hall–Kier alpha value is -2.13. The Kier molecular flexibility index (Phi) is 4.58. The summed E-state index contributed by atoms with van der Waals surface area (Å²) in [6, 6.07) is 4.20. The van der Waals surface area contributed by atoms with Gasteiger partial charge in [0.25, 0.3) is 0 Å². The smallest absolute Gasteiger partial charge is 0.219 e. The number of fused-ring (bicyclic) bond motifs is 2. The SMILES string of the molecule is CC(=O)N1CCC(=C2C3=CC=C(Cl)CC3=CC(C)c3cccnc32)CC1. The second-order valence-corrected chi connectivity index (χ2v) is 7.76. The molecule has 26 heavy (non-hydrogen) atoms. The molecule has 1 aromatic heterocycles. The van der Waals surface area contributed by atoms with Crippen LogP contribution in [-0.2, 0) is 4.79 Å². The number of hydrogen-bond donors (Lipinski definition) is 0. The van der Waals surface area contributed by atoms with Gasteiger partial charge in [-0.2, -0.15) is 0 Å². The normalized spacial score (nSPS) is 22.7. The zero-order valence-corrected chi connectivity index (χ0v) is 16.0. The van der Waals surface area contributed by atoms with Gasteiger partial charge in [0.15, 0.2) is 0 Å². The van der Waals surface area contributed by atoms with E-state index in [1.54, 1.807) is 6.92 Å². The number of piperidine rings is 1. The molecule has 0 saturated carbocycles. The van der Waals surface area contributed by atoms with Crippen LogP contribution in [0.15, 0.2) is 58.3 Å². The van der Waals surface area contributed by atoms with Crippen molar-refractivity contribution in [2.24, 2.45) is 0 Å². The number of likely N-dealkylation sites (tertiary alicyclic amines) is 1. The van der Waals surface area contributed by atoms with E-state index in [0.29, 0.717) is 5.92 Å². The van der Waals surface area contributed by atoms with Gasteiger partial charge >= 0.3 is 0 Å². The molecule has 1 saturated heterocycles. The van der Waals surface area contributed by atoms with E-state index in [4.69, 9.17) is 16.6 Å². The highest BCUT2D eigenvalue weighted by molar-refractivity contribution is 6.30. The van der Waals surface area contributed by atoms with E-state index in [2.05, 4.69) is 25.1 Å². The third-order valence-corrected chi connectivity index (χ3v) is 5.85. The quantitative estimate of drug-likeness (QED) is 0.649. The van der Waals surface area contributed by atoms with Crippen molar-refractivity contribution in [3.8, 4) is 0 Å². The predicted octanol–water partition coefficient (Wildman–Crippen LogP) is 4.97. The Balaban J connectivity index is 1.87. The summed E-state index contributed by atoms with van der Waals surface area (Å²) in [6.45, 7) is 5.45. The molecule has 1 atom stereocenters. The molecule has 0 N–H and O–H groups in total. The molecule has 3 aliphatic rings. The van der Waals surface area contributed by atoms with Crippen LogP contribution in [0.1, 0.15) is 50.3 Å². The average molecular weight is 367 g/mol. The number of pyridine rings is 1. The molecule has 1 fully saturated rings. The fourth-order valence-electron chi connectivity index (χ4n) is 4.22. The summed E-state index contributed by atoms with van der Waals surface area (Å²) in [6.07, 6.45) is 11.0. The second kappa shape index (κ2) is 6.88. The van der Waals surface area contributed by atoms with Gasteiger partial charge in [-0.3, -0.25) is 9.78 Å². The summed E-state index contributed by atoms with van der Waals surface area (Å²) >= 11 is 6.34. The van der Waals surface area contributed by atoms with Crippen LogP contribution < -0.4 is 0 Å². The van der Waals surface area contributed by atoms with Crippen LogP contribution in [0.3, 0.4) is 0 Å². The van der Waals surface area contributed by atoms with Crippen LogP contribution in [0.25, 0.3) is 5.57 Å². The molecule has 2 heterocycles. The van der Waals surface area contributed by atoms with Gasteiger partial charge in [-0.25, -0.2) is 0 Å². The van der Waals surface area contributed by atoms with Gasteiger partial charge in [-0.15, -0.1) is 0 Å². The van der Waals surface area contributed by atoms with Crippen LogP contribution in [0, 0.1) is 0 Å². The first-order valence-electron chi connectivity index (χ1n) is 9.25. The van der Waals surface area contributed by atoms with Crippen molar-refractivity contribution in [1.29, 1.82) is 0 Å². The highest BCUT2D eigenvalue weighted by atomic mass is 35.5. The topological polar surface area (TPSA) is 33.2 Å². The average Bonchev–Trinajstić information content (AvgIpc) is 2.76.